The van der Waals surface area contributed by atoms with Crippen LogP contribution >= 0.6 is 15.9 Å². The number of Topliss-reactive ketones (excluding diaryl/α,β-unsaturated/α-hetero) is 1. The number of carbonyl (C=O) groups is 2. The number of fused-ring (bicyclic) bond motifs is 1. The first-order valence-electron chi connectivity index (χ1n) is 23.6. The third-order valence-corrected chi connectivity index (χ3v) is 13.3. The molecule has 0 radical (unpaired) electrons. The minimum absolute atomic E-state index is 0.0185. The SMILES string of the molecule is Brc1ccc(C2OCCO2)cc1.NC(=O)c1cc(F)ccc1N.O=C1CCCC1.O=c1[nH]c(-c2ccc(C3(O)CCCC3)cc2)nc2ccc(F)cc12.OC1(c2ccc(C3OCCO3)cc2)CCCC1. The number of aromatic amines is 1. The van der Waals surface area contributed by atoms with E-state index in [1.807, 2.05) is 72.8 Å². The Labute approximate surface area is 413 Å². The van der Waals surface area contributed by atoms with Crippen LogP contribution in [0, 0.1) is 11.6 Å². The topological polar surface area (TPSA) is 209 Å². The number of hydrogen-bond acceptors (Lipinski definition) is 11. The van der Waals surface area contributed by atoms with Gasteiger partial charge in [-0.2, -0.15) is 0 Å². The van der Waals surface area contributed by atoms with Crippen LogP contribution in [0.5, 0.6) is 0 Å². The van der Waals surface area contributed by atoms with Gasteiger partial charge in [-0.25, -0.2) is 13.8 Å². The summed E-state index contributed by atoms with van der Waals surface area (Å²) in [5, 5.41) is 21.3. The highest BCUT2D eigenvalue weighted by atomic mass is 79.9. The zero-order valence-corrected chi connectivity index (χ0v) is 40.4. The number of benzene rings is 5. The number of nitrogen functional groups attached to an aromatic ring is 1. The summed E-state index contributed by atoms with van der Waals surface area (Å²) in [4.78, 5) is 40.0. The van der Waals surface area contributed by atoms with Gasteiger partial charge in [0.25, 0.3) is 11.5 Å². The number of H-pyrrole nitrogens is 1. The third kappa shape index (κ3) is 14.0. The van der Waals surface area contributed by atoms with Gasteiger partial charge < -0.3 is 45.6 Å². The van der Waals surface area contributed by atoms with Crippen LogP contribution in [0.2, 0.25) is 0 Å². The largest absolute Gasteiger partial charge is 0.398 e. The predicted octanol–water partition coefficient (Wildman–Crippen LogP) is 10.1. The Bertz CT molecular complexity index is 2730. The molecular weight excluding hydrogens is 967 g/mol. The number of nitrogens with zero attached hydrogens (tertiary/aromatic N) is 1. The molecule has 13 nitrogen and oxygen atoms in total. The number of halogens is 3. The van der Waals surface area contributed by atoms with Crippen molar-refractivity contribution in [3.63, 3.8) is 0 Å². The minimum atomic E-state index is -0.736. The molecule has 3 aliphatic carbocycles. The van der Waals surface area contributed by atoms with Crippen molar-refractivity contribution in [2.75, 3.05) is 32.2 Å². The molecule has 3 heterocycles. The number of anilines is 1. The van der Waals surface area contributed by atoms with Gasteiger partial charge in [0.05, 0.1) is 54.1 Å². The van der Waals surface area contributed by atoms with Crippen molar-refractivity contribution in [2.45, 2.75) is 101 Å². The number of aliphatic hydroxyl groups is 2. The molecule has 2 saturated heterocycles. The first kappa shape index (κ1) is 52.1. The zero-order valence-electron chi connectivity index (χ0n) is 38.8. The number of carbonyl (C=O) groups excluding carboxylic acids is 2. The highest BCUT2D eigenvalue weighted by molar-refractivity contribution is 9.10. The molecule has 5 fully saturated rings. The van der Waals surface area contributed by atoms with E-state index in [4.69, 9.17) is 30.4 Å². The summed E-state index contributed by atoms with van der Waals surface area (Å²) in [5.74, 6) is -0.814. The number of nitrogens with one attached hydrogen (secondary N) is 1. The van der Waals surface area contributed by atoms with Crippen molar-refractivity contribution >= 4 is 44.2 Å². The van der Waals surface area contributed by atoms with Gasteiger partial charge in [-0.15, -0.1) is 0 Å². The fourth-order valence-electron chi connectivity index (χ4n) is 8.87. The number of hydrogen-bond donors (Lipinski definition) is 5. The molecule has 0 spiro atoms. The highest BCUT2D eigenvalue weighted by Crippen LogP contribution is 2.40. The van der Waals surface area contributed by atoms with Crippen LogP contribution in [0.4, 0.5) is 14.5 Å². The number of rotatable bonds is 6. The monoisotopic (exact) mass is 1020 g/mol. The van der Waals surface area contributed by atoms with E-state index >= 15 is 0 Å². The van der Waals surface area contributed by atoms with Crippen molar-refractivity contribution in [1.82, 2.24) is 9.97 Å². The van der Waals surface area contributed by atoms with Gasteiger partial charge in [0.1, 0.15) is 23.2 Å². The quantitative estimate of drug-likeness (QED) is 0.0992. The normalized spacial score (nSPS) is 18.2. The lowest BCUT2D eigenvalue weighted by Crippen LogP contribution is -2.20. The summed E-state index contributed by atoms with van der Waals surface area (Å²) in [7, 11) is 0. The molecule has 11 rings (SSSR count). The number of aromatic nitrogens is 2. The first-order chi connectivity index (χ1) is 33.7. The molecule has 0 atom stereocenters. The average Bonchev–Trinajstić information content (AvgIpc) is 4.24. The molecule has 16 heteroatoms. The van der Waals surface area contributed by atoms with Crippen molar-refractivity contribution in [3.8, 4) is 11.4 Å². The first-order valence-corrected chi connectivity index (χ1v) is 24.4. The van der Waals surface area contributed by atoms with Gasteiger partial charge in [-0.05, 0) is 98.2 Å². The maximum absolute atomic E-state index is 13.3. The summed E-state index contributed by atoms with van der Waals surface area (Å²) in [6.07, 6.45) is 11.2. The summed E-state index contributed by atoms with van der Waals surface area (Å²) >= 11 is 3.37. The van der Waals surface area contributed by atoms with Crippen LogP contribution in [0.1, 0.15) is 122 Å². The van der Waals surface area contributed by atoms with Gasteiger partial charge in [0.2, 0.25) is 0 Å². The Morgan fingerprint density at radius 1 is 0.643 bits per heavy atom. The molecule has 7 N–H and O–H groups in total. The molecule has 0 bridgehead atoms. The minimum Gasteiger partial charge on any atom is -0.398 e. The molecule has 1 amide bonds. The second-order valence-corrected chi connectivity index (χ2v) is 18.7. The lowest BCUT2D eigenvalue weighted by molar-refractivity contribution is -0.117. The van der Waals surface area contributed by atoms with E-state index in [-0.39, 0.29) is 34.8 Å². The molecule has 5 aliphatic rings. The molecule has 5 aromatic carbocycles. The van der Waals surface area contributed by atoms with Crippen LogP contribution in [-0.2, 0) is 34.9 Å². The number of nitrogens with two attached hydrogens (primary N) is 2. The Morgan fingerprint density at radius 2 is 1.10 bits per heavy atom. The molecule has 370 valence electrons. The van der Waals surface area contributed by atoms with E-state index in [0.29, 0.717) is 43.6 Å². The van der Waals surface area contributed by atoms with E-state index in [2.05, 4.69) is 25.9 Å². The fraction of sp³-hybridized carbons (Fsp3) is 0.370. The van der Waals surface area contributed by atoms with Crippen molar-refractivity contribution in [3.05, 3.63) is 163 Å². The maximum atomic E-state index is 13.3. The highest BCUT2D eigenvalue weighted by Gasteiger charge is 2.34. The molecule has 3 saturated carbocycles. The van der Waals surface area contributed by atoms with Gasteiger partial charge in [-0.1, -0.05) is 102 Å². The molecule has 0 unspecified atom stereocenters. The van der Waals surface area contributed by atoms with Crippen LogP contribution in [-0.4, -0.2) is 58.3 Å². The molecule has 70 heavy (non-hydrogen) atoms. The van der Waals surface area contributed by atoms with Crippen LogP contribution in [0.25, 0.3) is 22.3 Å². The second kappa shape index (κ2) is 24.4. The standard InChI is InChI=1S/C19H17FN2O2.C14H18O3.C9H9BrO2.C7H7FN2O.C5H8O/c20-14-7-8-16-15(11-14)18(23)22-17(21-16)12-3-5-13(6-4-12)19(24)9-1-2-10-19;15-14(7-1-2-8-14)12-5-3-11(4-6-12)13-16-9-10-17-13;10-8-3-1-7(2-4-8)9-11-5-6-12-9;8-4-1-2-6(9)5(3-4)7(10)11;6-5-3-1-2-4-5/h3-8,11,24H,1-2,9-10H2,(H,21,22,23);3-6,13,15H,1-2,7-10H2;1-4,9H,5-6H2;1-3H,9H2,(H2,10,11);1-4H2. The smallest absolute Gasteiger partial charge is 0.259 e. The Kier molecular flexibility index (Phi) is 18.2. The average molecular weight is 1030 g/mol. The summed E-state index contributed by atoms with van der Waals surface area (Å²) in [5.41, 5.74) is 14.0. The number of ketones is 1. The van der Waals surface area contributed by atoms with Crippen molar-refractivity contribution < 1.29 is 47.5 Å². The van der Waals surface area contributed by atoms with E-state index in [9.17, 15) is 33.4 Å². The van der Waals surface area contributed by atoms with Gasteiger partial charge in [0.15, 0.2) is 12.6 Å². The Morgan fingerprint density at radius 3 is 1.56 bits per heavy atom. The third-order valence-electron chi connectivity index (χ3n) is 12.8. The Balaban J connectivity index is 0.000000138. The number of primary amides is 1. The van der Waals surface area contributed by atoms with Crippen LogP contribution < -0.4 is 17.0 Å². The molecular formula is C54H59BrF2N4O9. The van der Waals surface area contributed by atoms with Crippen molar-refractivity contribution in [1.29, 1.82) is 0 Å². The van der Waals surface area contributed by atoms with Crippen LogP contribution in [0.15, 0.2) is 118 Å². The van der Waals surface area contributed by atoms with E-state index in [0.717, 1.165) is 115 Å². The summed E-state index contributed by atoms with van der Waals surface area (Å²) in [6, 6.07) is 30.9. The maximum Gasteiger partial charge on any atom is 0.259 e. The zero-order chi connectivity index (χ0) is 49.7. The Hall–Kier alpha value is -5.72. The molecule has 2 aliphatic heterocycles. The van der Waals surface area contributed by atoms with Crippen LogP contribution in [0.3, 0.4) is 0 Å². The predicted molar refractivity (Wildman–Crippen MR) is 265 cm³/mol. The summed E-state index contributed by atoms with van der Waals surface area (Å²) < 4.78 is 48.4. The van der Waals surface area contributed by atoms with E-state index in [1.54, 1.807) is 0 Å². The van der Waals surface area contributed by atoms with E-state index < -0.39 is 28.7 Å². The lowest BCUT2D eigenvalue weighted by atomic mass is 9.91. The molecule has 1 aromatic heterocycles. The number of ether oxygens (including phenoxy) is 4. The fourth-order valence-corrected chi connectivity index (χ4v) is 9.13. The second-order valence-electron chi connectivity index (χ2n) is 17.8. The summed E-state index contributed by atoms with van der Waals surface area (Å²) in [6.45, 7) is 2.72. The van der Waals surface area contributed by atoms with E-state index in [1.165, 1.54) is 30.3 Å². The van der Waals surface area contributed by atoms with Gasteiger partial charge in [-0.3, -0.25) is 14.4 Å². The van der Waals surface area contributed by atoms with Gasteiger partial charge in [0, 0.05) is 39.7 Å². The molecule has 6 aromatic rings. The van der Waals surface area contributed by atoms with Crippen molar-refractivity contribution in [2.24, 2.45) is 5.73 Å². The number of amides is 1. The lowest BCUT2D eigenvalue weighted by Gasteiger charge is -2.23. The van der Waals surface area contributed by atoms with Gasteiger partial charge >= 0.3 is 0 Å².